The Morgan fingerprint density at radius 2 is 1.92 bits per heavy atom. The van der Waals surface area contributed by atoms with E-state index in [0.29, 0.717) is 17.7 Å². The lowest BCUT2D eigenvalue weighted by Gasteiger charge is -2.30. The molecule has 0 atom stereocenters. The lowest BCUT2D eigenvalue weighted by atomic mass is 9.91. The Morgan fingerprint density at radius 3 is 2.62 bits per heavy atom. The first-order valence-corrected chi connectivity index (χ1v) is 8.36. The molecule has 0 saturated carbocycles. The largest absolute Gasteiger partial charge is 0.419 e. The standard InChI is InChI=1S/C18H21N5O/c1-22-12-16(11-19-22)14-7-9-23(10-8-14)13-17-20-21-18(24-17)15-5-3-2-4-6-15/h2-6,11-12,14H,7-10,13H2,1H3. The van der Waals surface area contributed by atoms with Gasteiger partial charge in [-0.15, -0.1) is 10.2 Å². The highest BCUT2D eigenvalue weighted by Gasteiger charge is 2.23. The fourth-order valence-electron chi connectivity index (χ4n) is 3.28. The molecule has 0 spiro atoms. The van der Waals surface area contributed by atoms with Gasteiger partial charge in [0.2, 0.25) is 11.8 Å². The second-order valence-corrected chi connectivity index (χ2v) is 6.36. The quantitative estimate of drug-likeness (QED) is 0.739. The molecule has 6 nitrogen and oxygen atoms in total. The van der Waals surface area contributed by atoms with Gasteiger partial charge in [0.1, 0.15) is 0 Å². The molecule has 0 radical (unpaired) electrons. The number of aromatic nitrogens is 4. The Kier molecular flexibility index (Phi) is 4.13. The Hall–Kier alpha value is -2.47. The molecule has 3 heterocycles. The number of hydrogen-bond donors (Lipinski definition) is 0. The molecule has 124 valence electrons. The van der Waals surface area contributed by atoms with Gasteiger partial charge in [0.05, 0.1) is 12.7 Å². The second kappa shape index (κ2) is 6.57. The van der Waals surface area contributed by atoms with Crippen LogP contribution < -0.4 is 0 Å². The summed E-state index contributed by atoms with van der Waals surface area (Å²) < 4.78 is 7.69. The van der Waals surface area contributed by atoms with Crippen molar-refractivity contribution >= 4 is 0 Å². The molecule has 0 unspecified atom stereocenters. The Balaban J connectivity index is 1.35. The van der Waals surface area contributed by atoms with Gasteiger partial charge < -0.3 is 4.42 Å². The summed E-state index contributed by atoms with van der Waals surface area (Å²) in [5.41, 5.74) is 2.31. The molecule has 1 fully saturated rings. The number of likely N-dealkylation sites (tertiary alicyclic amines) is 1. The second-order valence-electron chi connectivity index (χ2n) is 6.36. The Labute approximate surface area is 141 Å². The Bertz CT molecular complexity index is 787. The first-order chi connectivity index (χ1) is 11.8. The first-order valence-electron chi connectivity index (χ1n) is 8.36. The van der Waals surface area contributed by atoms with Crippen molar-refractivity contribution in [1.82, 2.24) is 24.9 Å². The van der Waals surface area contributed by atoms with Gasteiger partial charge in [0.15, 0.2) is 0 Å². The monoisotopic (exact) mass is 323 g/mol. The van der Waals surface area contributed by atoms with E-state index in [9.17, 15) is 0 Å². The van der Waals surface area contributed by atoms with Gasteiger partial charge in [-0.25, -0.2) is 0 Å². The summed E-state index contributed by atoms with van der Waals surface area (Å²) in [6, 6.07) is 9.89. The van der Waals surface area contributed by atoms with E-state index in [1.165, 1.54) is 5.56 Å². The maximum Gasteiger partial charge on any atom is 0.247 e. The Morgan fingerprint density at radius 1 is 1.12 bits per heavy atom. The normalized spacial score (nSPS) is 16.5. The van der Waals surface area contributed by atoms with Crippen LogP contribution in [-0.4, -0.2) is 38.0 Å². The average Bonchev–Trinajstić information content (AvgIpc) is 3.26. The summed E-state index contributed by atoms with van der Waals surface area (Å²) in [5, 5.41) is 12.6. The van der Waals surface area contributed by atoms with Gasteiger partial charge >= 0.3 is 0 Å². The van der Waals surface area contributed by atoms with Crippen LogP contribution >= 0.6 is 0 Å². The van der Waals surface area contributed by atoms with Crippen LogP contribution in [0.25, 0.3) is 11.5 Å². The van der Waals surface area contributed by atoms with Crippen molar-refractivity contribution in [2.24, 2.45) is 7.05 Å². The highest BCUT2D eigenvalue weighted by Crippen LogP contribution is 2.28. The summed E-state index contributed by atoms with van der Waals surface area (Å²) >= 11 is 0. The van der Waals surface area contributed by atoms with E-state index in [4.69, 9.17) is 4.42 Å². The number of aryl methyl sites for hydroxylation is 1. The van der Waals surface area contributed by atoms with E-state index in [1.54, 1.807) is 0 Å². The van der Waals surface area contributed by atoms with Crippen molar-refractivity contribution in [2.45, 2.75) is 25.3 Å². The minimum Gasteiger partial charge on any atom is -0.419 e. The summed E-state index contributed by atoms with van der Waals surface area (Å²) in [7, 11) is 1.97. The third-order valence-corrected chi connectivity index (χ3v) is 4.63. The summed E-state index contributed by atoms with van der Waals surface area (Å²) in [4.78, 5) is 2.38. The lowest BCUT2D eigenvalue weighted by Crippen LogP contribution is -2.32. The minimum absolute atomic E-state index is 0.593. The van der Waals surface area contributed by atoms with Gasteiger partial charge in [-0.3, -0.25) is 9.58 Å². The van der Waals surface area contributed by atoms with Crippen LogP contribution in [0.1, 0.15) is 30.2 Å². The van der Waals surface area contributed by atoms with Gasteiger partial charge in [0.25, 0.3) is 0 Å². The zero-order valence-corrected chi connectivity index (χ0v) is 13.8. The molecule has 2 aromatic heterocycles. The maximum atomic E-state index is 5.81. The fraction of sp³-hybridized carbons (Fsp3) is 0.389. The van der Waals surface area contributed by atoms with Gasteiger partial charge in [-0.2, -0.15) is 5.10 Å². The molecule has 0 N–H and O–H groups in total. The van der Waals surface area contributed by atoms with Crippen LogP contribution in [0.2, 0.25) is 0 Å². The molecular weight excluding hydrogens is 302 g/mol. The maximum absolute atomic E-state index is 5.81. The van der Waals surface area contributed by atoms with E-state index in [-0.39, 0.29) is 0 Å². The van der Waals surface area contributed by atoms with Gasteiger partial charge in [-0.05, 0) is 49.5 Å². The van der Waals surface area contributed by atoms with E-state index < -0.39 is 0 Å². The number of hydrogen-bond acceptors (Lipinski definition) is 5. The van der Waals surface area contributed by atoms with Crippen LogP contribution in [-0.2, 0) is 13.6 Å². The highest BCUT2D eigenvalue weighted by atomic mass is 16.4. The van der Waals surface area contributed by atoms with Crippen molar-refractivity contribution in [1.29, 1.82) is 0 Å². The zero-order valence-electron chi connectivity index (χ0n) is 13.8. The summed E-state index contributed by atoms with van der Waals surface area (Å²) in [6.45, 7) is 2.81. The third-order valence-electron chi connectivity index (χ3n) is 4.63. The van der Waals surface area contributed by atoms with Crippen LogP contribution in [0.15, 0.2) is 47.1 Å². The van der Waals surface area contributed by atoms with Crippen LogP contribution in [0.3, 0.4) is 0 Å². The molecule has 6 heteroatoms. The van der Waals surface area contributed by atoms with Crippen molar-refractivity contribution in [2.75, 3.05) is 13.1 Å². The molecule has 1 saturated heterocycles. The lowest BCUT2D eigenvalue weighted by molar-refractivity contribution is 0.188. The van der Waals surface area contributed by atoms with Crippen molar-refractivity contribution in [3.05, 3.63) is 54.2 Å². The first kappa shape index (κ1) is 15.1. The molecule has 0 bridgehead atoms. The van der Waals surface area contributed by atoms with Crippen molar-refractivity contribution in [3.8, 4) is 11.5 Å². The number of benzene rings is 1. The molecule has 1 aliphatic heterocycles. The van der Waals surface area contributed by atoms with E-state index in [2.05, 4.69) is 26.4 Å². The van der Waals surface area contributed by atoms with E-state index in [0.717, 1.165) is 38.0 Å². The SMILES string of the molecule is Cn1cc(C2CCN(Cc3nnc(-c4ccccc4)o3)CC2)cn1. The number of nitrogens with zero attached hydrogens (tertiary/aromatic N) is 5. The topological polar surface area (TPSA) is 60.0 Å². The predicted molar refractivity (Wildman–Crippen MR) is 90.2 cm³/mol. The smallest absolute Gasteiger partial charge is 0.247 e. The summed E-state index contributed by atoms with van der Waals surface area (Å²) in [5.74, 6) is 1.89. The molecule has 0 amide bonds. The average molecular weight is 323 g/mol. The van der Waals surface area contributed by atoms with Gasteiger partial charge in [0, 0.05) is 18.8 Å². The molecule has 24 heavy (non-hydrogen) atoms. The fourth-order valence-corrected chi connectivity index (χ4v) is 3.28. The van der Waals surface area contributed by atoms with Gasteiger partial charge in [-0.1, -0.05) is 18.2 Å². The van der Waals surface area contributed by atoms with Crippen molar-refractivity contribution in [3.63, 3.8) is 0 Å². The molecule has 1 aliphatic rings. The molecule has 3 aromatic rings. The number of rotatable bonds is 4. The molecule has 4 rings (SSSR count). The van der Waals surface area contributed by atoms with Crippen LogP contribution in [0.4, 0.5) is 0 Å². The zero-order chi connectivity index (χ0) is 16.4. The molecular formula is C18H21N5O. The minimum atomic E-state index is 0.593. The molecule has 0 aliphatic carbocycles. The number of piperidine rings is 1. The van der Waals surface area contributed by atoms with Crippen LogP contribution in [0.5, 0.6) is 0 Å². The van der Waals surface area contributed by atoms with E-state index >= 15 is 0 Å². The highest BCUT2D eigenvalue weighted by molar-refractivity contribution is 5.51. The summed E-state index contributed by atoms with van der Waals surface area (Å²) in [6.07, 6.45) is 6.41. The van der Waals surface area contributed by atoms with Crippen LogP contribution in [0, 0.1) is 0 Å². The van der Waals surface area contributed by atoms with E-state index in [1.807, 2.05) is 48.3 Å². The molecule has 1 aromatic carbocycles. The predicted octanol–water partition coefficient (Wildman–Crippen LogP) is 2.85. The van der Waals surface area contributed by atoms with Crippen molar-refractivity contribution < 1.29 is 4.42 Å². The third kappa shape index (κ3) is 3.23.